The number of benzene rings is 1. The Kier molecular flexibility index (Phi) is 4.32. The van der Waals surface area contributed by atoms with Crippen molar-refractivity contribution in [1.82, 2.24) is 10.3 Å². The quantitative estimate of drug-likeness (QED) is 0.947. The highest BCUT2D eigenvalue weighted by Gasteiger charge is 2.22. The third-order valence-electron chi connectivity index (χ3n) is 3.92. The number of pyridine rings is 1. The molecule has 1 aliphatic rings. The largest absolute Gasteiger partial charge is 0.356 e. The molecule has 2 aromatic rings. The molecule has 0 saturated carbocycles. The topological polar surface area (TPSA) is 45.2 Å². The molecule has 1 amide bonds. The van der Waals surface area contributed by atoms with Gasteiger partial charge in [-0.25, -0.2) is 9.37 Å². The van der Waals surface area contributed by atoms with Crippen LogP contribution < -0.4 is 10.2 Å². The number of carbonyl (C=O) groups excluding carboxylic acids is 1. The number of hydrogen-bond donors (Lipinski definition) is 1. The third-order valence-corrected chi connectivity index (χ3v) is 3.92. The number of anilines is 1. The fourth-order valence-electron chi connectivity index (χ4n) is 2.70. The minimum Gasteiger partial charge on any atom is -0.356 e. The molecule has 1 aliphatic heterocycles. The smallest absolute Gasteiger partial charge is 0.254 e. The highest BCUT2D eigenvalue weighted by molar-refractivity contribution is 5.94. The predicted molar refractivity (Wildman–Crippen MR) is 83.3 cm³/mol. The normalized spacial score (nSPS) is 15.6. The lowest BCUT2D eigenvalue weighted by atomic mass is 10.0. The van der Waals surface area contributed by atoms with E-state index in [1.54, 1.807) is 18.3 Å². The SMILES string of the molecule is O=C(NC1CCN(c2ccccn2)CC1)c1ccccc1F. The highest BCUT2D eigenvalue weighted by atomic mass is 19.1. The Morgan fingerprint density at radius 3 is 2.55 bits per heavy atom. The Hall–Kier alpha value is -2.43. The van der Waals surface area contributed by atoms with Crippen molar-refractivity contribution in [2.45, 2.75) is 18.9 Å². The molecular formula is C17H18FN3O. The molecule has 5 heteroatoms. The van der Waals surface area contributed by atoms with Crippen LogP contribution in [0.1, 0.15) is 23.2 Å². The van der Waals surface area contributed by atoms with Crippen molar-refractivity contribution in [3.8, 4) is 0 Å². The Bertz CT molecular complexity index is 639. The molecule has 1 fully saturated rings. The van der Waals surface area contributed by atoms with Gasteiger partial charge in [0.25, 0.3) is 5.91 Å². The van der Waals surface area contributed by atoms with Crippen LogP contribution in [0, 0.1) is 5.82 Å². The number of amides is 1. The molecule has 0 spiro atoms. The van der Waals surface area contributed by atoms with Crippen LogP contribution in [0.3, 0.4) is 0 Å². The second kappa shape index (κ2) is 6.56. The predicted octanol–water partition coefficient (Wildman–Crippen LogP) is 2.62. The first-order chi connectivity index (χ1) is 10.7. The summed E-state index contributed by atoms with van der Waals surface area (Å²) in [6, 6.07) is 12.0. The number of aromatic nitrogens is 1. The summed E-state index contributed by atoms with van der Waals surface area (Å²) in [6.07, 6.45) is 3.44. The Balaban J connectivity index is 1.56. The minimum absolute atomic E-state index is 0.0760. The van der Waals surface area contributed by atoms with Gasteiger partial charge in [-0.2, -0.15) is 0 Å². The summed E-state index contributed by atoms with van der Waals surface area (Å²) in [5.74, 6) is 0.140. The average Bonchev–Trinajstić information content (AvgIpc) is 2.57. The summed E-state index contributed by atoms with van der Waals surface area (Å²) in [7, 11) is 0. The van der Waals surface area contributed by atoms with Crippen molar-refractivity contribution in [3.05, 3.63) is 60.0 Å². The molecule has 0 unspecified atom stereocenters. The van der Waals surface area contributed by atoms with E-state index in [2.05, 4.69) is 15.2 Å². The zero-order valence-electron chi connectivity index (χ0n) is 12.2. The van der Waals surface area contributed by atoms with Gasteiger partial charge in [0, 0.05) is 25.3 Å². The molecular weight excluding hydrogens is 281 g/mol. The molecule has 0 bridgehead atoms. The van der Waals surface area contributed by atoms with E-state index in [4.69, 9.17) is 0 Å². The van der Waals surface area contributed by atoms with Crippen molar-refractivity contribution >= 4 is 11.7 Å². The second-order valence-corrected chi connectivity index (χ2v) is 5.40. The molecule has 0 aliphatic carbocycles. The van der Waals surface area contributed by atoms with Crippen molar-refractivity contribution in [3.63, 3.8) is 0 Å². The molecule has 0 atom stereocenters. The van der Waals surface area contributed by atoms with Gasteiger partial charge in [-0.15, -0.1) is 0 Å². The minimum atomic E-state index is -0.481. The maximum Gasteiger partial charge on any atom is 0.254 e. The fraction of sp³-hybridized carbons (Fsp3) is 0.294. The van der Waals surface area contributed by atoms with Gasteiger partial charge in [-0.1, -0.05) is 18.2 Å². The molecule has 1 aromatic carbocycles. The molecule has 2 heterocycles. The zero-order valence-corrected chi connectivity index (χ0v) is 12.2. The number of rotatable bonds is 3. The first kappa shape index (κ1) is 14.5. The van der Waals surface area contributed by atoms with Crippen LogP contribution in [-0.4, -0.2) is 30.0 Å². The van der Waals surface area contributed by atoms with Crippen molar-refractivity contribution in [2.24, 2.45) is 0 Å². The third kappa shape index (κ3) is 3.24. The van der Waals surface area contributed by atoms with E-state index in [1.165, 1.54) is 12.1 Å². The first-order valence-electron chi connectivity index (χ1n) is 7.45. The molecule has 1 saturated heterocycles. The number of nitrogens with zero attached hydrogens (tertiary/aromatic N) is 2. The van der Waals surface area contributed by atoms with Gasteiger partial charge in [0.1, 0.15) is 11.6 Å². The van der Waals surface area contributed by atoms with E-state index in [0.29, 0.717) is 0 Å². The summed E-state index contributed by atoms with van der Waals surface area (Å²) in [5, 5.41) is 2.92. The van der Waals surface area contributed by atoms with Crippen LogP contribution in [0.5, 0.6) is 0 Å². The maximum atomic E-state index is 13.6. The molecule has 4 nitrogen and oxygen atoms in total. The van der Waals surface area contributed by atoms with Gasteiger partial charge < -0.3 is 10.2 Å². The van der Waals surface area contributed by atoms with E-state index in [0.717, 1.165) is 31.7 Å². The lowest BCUT2D eigenvalue weighted by molar-refractivity contribution is 0.0927. The van der Waals surface area contributed by atoms with Crippen LogP contribution in [0.15, 0.2) is 48.7 Å². The van der Waals surface area contributed by atoms with Crippen molar-refractivity contribution < 1.29 is 9.18 Å². The maximum absolute atomic E-state index is 13.6. The molecule has 3 rings (SSSR count). The molecule has 22 heavy (non-hydrogen) atoms. The monoisotopic (exact) mass is 299 g/mol. The second-order valence-electron chi connectivity index (χ2n) is 5.40. The van der Waals surface area contributed by atoms with Crippen LogP contribution in [0.4, 0.5) is 10.2 Å². The van der Waals surface area contributed by atoms with E-state index >= 15 is 0 Å². The number of piperidine rings is 1. The fourth-order valence-corrected chi connectivity index (χ4v) is 2.70. The number of hydrogen-bond acceptors (Lipinski definition) is 3. The van der Waals surface area contributed by atoms with E-state index < -0.39 is 5.82 Å². The number of carbonyl (C=O) groups is 1. The van der Waals surface area contributed by atoms with Crippen LogP contribution in [0.25, 0.3) is 0 Å². The summed E-state index contributed by atoms with van der Waals surface area (Å²) >= 11 is 0. The molecule has 1 aromatic heterocycles. The van der Waals surface area contributed by atoms with Gasteiger partial charge in [-0.05, 0) is 37.1 Å². The summed E-state index contributed by atoms with van der Waals surface area (Å²) in [4.78, 5) is 18.6. The Morgan fingerprint density at radius 1 is 1.14 bits per heavy atom. The molecule has 114 valence electrons. The number of halogens is 1. The Morgan fingerprint density at radius 2 is 1.86 bits per heavy atom. The van der Waals surface area contributed by atoms with Gasteiger partial charge in [0.15, 0.2) is 0 Å². The summed E-state index contributed by atoms with van der Waals surface area (Å²) in [6.45, 7) is 1.67. The Labute approximate surface area is 129 Å². The van der Waals surface area contributed by atoms with Gasteiger partial charge >= 0.3 is 0 Å². The van der Waals surface area contributed by atoms with Crippen LogP contribution in [0.2, 0.25) is 0 Å². The van der Waals surface area contributed by atoms with Crippen molar-refractivity contribution in [2.75, 3.05) is 18.0 Å². The number of nitrogens with one attached hydrogen (secondary N) is 1. The lowest BCUT2D eigenvalue weighted by Crippen LogP contribution is -2.45. The summed E-state index contributed by atoms with van der Waals surface area (Å²) in [5.41, 5.74) is 0.106. The molecule has 0 radical (unpaired) electrons. The highest BCUT2D eigenvalue weighted by Crippen LogP contribution is 2.17. The molecule has 1 N–H and O–H groups in total. The van der Waals surface area contributed by atoms with Gasteiger partial charge in [0.05, 0.1) is 5.56 Å². The van der Waals surface area contributed by atoms with E-state index in [1.807, 2.05) is 18.2 Å². The first-order valence-corrected chi connectivity index (χ1v) is 7.45. The van der Waals surface area contributed by atoms with Crippen molar-refractivity contribution in [1.29, 1.82) is 0 Å². The van der Waals surface area contributed by atoms with E-state index in [-0.39, 0.29) is 17.5 Å². The lowest BCUT2D eigenvalue weighted by Gasteiger charge is -2.33. The van der Waals surface area contributed by atoms with Crippen LogP contribution in [-0.2, 0) is 0 Å². The van der Waals surface area contributed by atoms with E-state index in [9.17, 15) is 9.18 Å². The standard InChI is InChI=1S/C17H18FN3O/c18-15-6-2-1-5-14(15)17(22)20-13-8-11-21(12-9-13)16-7-3-4-10-19-16/h1-7,10,13H,8-9,11-12H2,(H,20,22). The average molecular weight is 299 g/mol. The summed E-state index contributed by atoms with van der Waals surface area (Å²) < 4.78 is 13.6. The zero-order chi connectivity index (χ0) is 15.4. The van der Waals surface area contributed by atoms with Crippen LogP contribution >= 0.6 is 0 Å². The van der Waals surface area contributed by atoms with Gasteiger partial charge in [-0.3, -0.25) is 4.79 Å². The van der Waals surface area contributed by atoms with Gasteiger partial charge in [0.2, 0.25) is 0 Å².